The van der Waals surface area contributed by atoms with Gasteiger partial charge >= 0.3 is 0 Å². The molecular weight excluding hydrogens is 412 g/mol. The van der Waals surface area contributed by atoms with Crippen molar-refractivity contribution in [3.63, 3.8) is 0 Å². The maximum absolute atomic E-state index is 12.7. The van der Waals surface area contributed by atoms with Crippen molar-refractivity contribution >= 4 is 34.2 Å². The van der Waals surface area contributed by atoms with Gasteiger partial charge in [0.15, 0.2) is 5.82 Å². The number of carbonyl (C=O) groups excluding carboxylic acids is 1. The van der Waals surface area contributed by atoms with Gasteiger partial charge in [0.25, 0.3) is 0 Å². The summed E-state index contributed by atoms with van der Waals surface area (Å²) in [4.78, 5) is 14.9. The fraction of sp³-hybridized carbons (Fsp3) is 0.478. The second kappa shape index (κ2) is 8.83. The number of nitrogens with one attached hydrogen (secondary N) is 1. The molecule has 1 aliphatic rings. The summed E-state index contributed by atoms with van der Waals surface area (Å²) in [5.41, 5.74) is 3.62. The first kappa shape index (κ1) is 21.6. The minimum atomic E-state index is -0.0552. The van der Waals surface area contributed by atoms with E-state index in [2.05, 4.69) is 27.3 Å². The van der Waals surface area contributed by atoms with Gasteiger partial charge in [0, 0.05) is 24.2 Å². The summed E-state index contributed by atoms with van der Waals surface area (Å²) in [6, 6.07) is 7.81. The Labute approximate surface area is 187 Å². The fourth-order valence-corrected chi connectivity index (χ4v) is 4.33. The van der Waals surface area contributed by atoms with Crippen molar-refractivity contribution in [3.05, 3.63) is 40.7 Å². The molecule has 3 aromatic rings. The van der Waals surface area contributed by atoms with Crippen molar-refractivity contribution < 1.29 is 4.79 Å². The molecule has 3 heterocycles. The number of amides is 1. The monoisotopic (exact) mass is 440 g/mol. The molecule has 7 nitrogen and oxygen atoms in total. The van der Waals surface area contributed by atoms with Crippen LogP contribution in [0.1, 0.15) is 44.5 Å². The van der Waals surface area contributed by atoms with Gasteiger partial charge in [0.05, 0.1) is 28.4 Å². The second-order valence-electron chi connectivity index (χ2n) is 8.41. The molecule has 0 aliphatic carbocycles. The van der Waals surface area contributed by atoms with E-state index in [4.69, 9.17) is 16.7 Å². The Morgan fingerprint density at radius 1 is 1.26 bits per heavy atom. The summed E-state index contributed by atoms with van der Waals surface area (Å²) >= 11 is 6.06. The molecule has 0 radical (unpaired) electrons. The summed E-state index contributed by atoms with van der Waals surface area (Å²) in [7, 11) is 0. The number of hydrogen-bond donors (Lipinski definition) is 1. The molecule has 1 aromatic carbocycles. The minimum Gasteiger partial charge on any atom is -0.353 e. The highest BCUT2D eigenvalue weighted by Crippen LogP contribution is 2.31. The van der Waals surface area contributed by atoms with Crippen molar-refractivity contribution in [1.82, 2.24) is 25.3 Å². The Balaban J connectivity index is 1.69. The lowest BCUT2D eigenvalue weighted by atomic mass is 9.96. The molecule has 0 unspecified atom stereocenters. The van der Waals surface area contributed by atoms with Crippen LogP contribution >= 0.6 is 11.6 Å². The van der Waals surface area contributed by atoms with E-state index in [1.54, 1.807) is 0 Å². The van der Waals surface area contributed by atoms with E-state index < -0.39 is 0 Å². The third-order valence-corrected chi connectivity index (χ3v) is 6.40. The molecule has 164 valence electrons. The molecule has 1 amide bonds. The number of aryl methyl sites for hydroxylation is 2. The van der Waals surface area contributed by atoms with Crippen LogP contribution in [0.25, 0.3) is 16.6 Å². The van der Waals surface area contributed by atoms with Crippen molar-refractivity contribution in [1.29, 1.82) is 0 Å². The van der Waals surface area contributed by atoms with Crippen molar-refractivity contribution in [2.75, 3.05) is 18.0 Å². The topological polar surface area (TPSA) is 75.9 Å². The molecule has 0 saturated carbocycles. The van der Waals surface area contributed by atoms with Gasteiger partial charge in [-0.15, -0.1) is 5.10 Å². The quantitative estimate of drug-likeness (QED) is 0.642. The van der Waals surface area contributed by atoms with Crippen LogP contribution in [0.3, 0.4) is 0 Å². The van der Waals surface area contributed by atoms with E-state index in [0.29, 0.717) is 11.6 Å². The van der Waals surface area contributed by atoms with Gasteiger partial charge in [-0.05, 0) is 64.3 Å². The second-order valence-corrected chi connectivity index (χ2v) is 8.85. The van der Waals surface area contributed by atoms with E-state index >= 15 is 0 Å². The van der Waals surface area contributed by atoms with Crippen molar-refractivity contribution in [2.24, 2.45) is 5.92 Å². The maximum Gasteiger partial charge on any atom is 0.225 e. The van der Waals surface area contributed by atoms with Gasteiger partial charge in [-0.25, -0.2) is 4.68 Å². The highest BCUT2D eigenvalue weighted by Gasteiger charge is 2.29. The molecule has 1 N–H and O–H groups in total. The van der Waals surface area contributed by atoms with E-state index in [1.165, 1.54) is 0 Å². The number of nitrogens with zero attached hydrogens (tertiary/aromatic N) is 5. The number of hydrogen-bond acceptors (Lipinski definition) is 5. The van der Waals surface area contributed by atoms with Gasteiger partial charge in [0.2, 0.25) is 5.91 Å². The van der Waals surface area contributed by atoms with Gasteiger partial charge in [-0.3, -0.25) is 4.79 Å². The normalized spacial score (nSPS) is 17.7. The lowest BCUT2D eigenvalue weighted by Gasteiger charge is -2.33. The number of anilines is 1. The predicted molar refractivity (Wildman–Crippen MR) is 124 cm³/mol. The Bertz CT molecular complexity index is 1090. The molecule has 2 aromatic heterocycles. The van der Waals surface area contributed by atoms with Crippen LogP contribution in [0.15, 0.2) is 24.3 Å². The highest BCUT2D eigenvalue weighted by atomic mass is 35.5. The first-order chi connectivity index (χ1) is 14.9. The van der Waals surface area contributed by atoms with E-state index in [0.717, 1.165) is 59.6 Å². The van der Waals surface area contributed by atoms with Crippen LogP contribution in [-0.2, 0) is 4.79 Å². The van der Waals surface area contributed by atoms with Crippen molar-refractivity contribution in [3.8, 4) is 5.69 Å². The third-order valence-electron chi connectivity index (χ3n) is 6.15. The SMILES string of the molecule is CC[C@@H](C)NC(=O)[C@@H]1CCCN(c2nnc(C)c3c(C)n(-c4ccc(Cl)cc4)nc23)C1. The largest absolute Gasteiger partial charge is 0.353 e. The summed E-state index contributed by atoms with van der Waals surface area (Å²) in [5, 5.41) is 18.7. The number of benzene rings is 1. The highest BCUT2D eigenvalue weighted by molar-refractivity contribution is 6.30. The average Bonchev–Trinajstić information content (AvgIpc) is 3.12. The van der Waals surface area contributed by atoms with Crippen LogP contribution < -0.4 is 10.2 Å². The minimum absolute atomic E-state index is 0.0552. The Morgan fingerprint density at radius 3 is 2.71 bits per heavy atom. The molecule has 1 aliphatic heterocycles. The maximum atomic E-state index is 12.7. The van der Waals surface area contributed by atoms with E-state index in [-0.39, 0.29) is 17.9 Å². The zero-order valence-electron chi connectivity index (χ0n) is 18.5. The Morgan fingerprint density at radius 2 is 2.00 bits per heavy atom. The number of fused-ring (bicyclic) bond motifs is 1. The fourth-order valence-electron chi connectivity index (χ4n) is 4.20. The number of rotatable bonds is 5. The molecule has 1 fully saturated rings. The average molecular weight is 441 g/mol. The summed E-state index contributed by atoms with van der Waals surface area (Å²) in [6.45, 7) is 9.59. The Hall–Kier alpha value is -2.67. The summed E-state index contributed by atoms with van der Waals surface area (Å²) in [6.07, 6.45) is 2.75. The zero-order chi connectivity index (χ0) is 22.1. The van der Waals surface area contributed by atoms with Crippen LogP contribution in [0.4, 0.5) is 5.82 Å². The lowest BCUT2D eigenvalue weighted by molar-refractivity contribution is -0.125. The molecule has 2 atom stereocenters. The summed E-state index contributed by atoms with van der Waals surface area (Å²) < 4.78 is 1.91. The zero-order valence-corrected chi connectivity index (χ0v) is 19.3. The van der Waals surface area contributed by atoms with Crippen LogP contribution in [0.5, 0.6) is 0 Å². The van der Waals surface area contributed by atoms with E-state index in [1.807, 2.05) is 49.7 Å². The van der Waals surface area contributed by atoms with Crippen molar-refractivity contribution in [2.45, 2.75) is 53.0 Å². The van der Waals surface area contributed by atoms with Gasteiger partial charge in [-0.1, -0.05) is 18.5 Å². The van der Waals surface area contributed by atoms with Crippen LogP contribution in [0, 0.1) is 19.8 Å². The molecule has 0 bridgehead atoms. The van der Waals surface area contributed by atoms with Crippen LogP contribution in [0.2, 0.25) is 5.02 Å². The molecule has 1 saturated heterocycles. The lowest BCUT2D eigenvalue weighted by Crippen LogP contribution is -2.45. The first-order valence-electron chi connectivity index (χ1n) is 10.9. The first-order valence-corrected chi connectivity index (χ1v) is 11.3. The molecular formula is C23H29ClN6O. The molecule has 8 heteroatoms. The molecule has 31 heavy (non-hydrogen) atoms. The third kappa shape index (κ3) is 4.24. The summed E-state index contributed by atoms with van der Waals surface area (Å²) in [5.74, 6) is 0.816. The van der Waals surface area contributed by atoms with E-state index in [9.17, 15) is 4.79 Å². The Kier molecular flexibility index (Phi) is 6.14. The van der Waals surface area contributed by atoms with Crippen LogP contribution in [-0.4, -0.2) is 45.0 Å². The number of piperidine rings is 1. The smallest absolute Gasteiger partial charge is 0.225 e. The van der Waals surface area contributed by atoms with Gasteiger partial charge < -0.3 is 10.2 Å². The molecule has 4 rings (SSSR count). The number of halogens is 1. The number of aromatic nitrogens is 4. The van der Waals surface area contributed by atoms with Gasteiger partial charge in [-0.2, -0.15) is 10.2 Å². The molecule has 0 spiro atoms. The number of carbonyl (C=O) groups is 1. The standard InChI is InChI=1S/C23H29ClN6O/c1-5-14(2)25-23(31)17-7-6-12-29(13-17)22-21-20(15(3)26-27-22)16(4)30(28-21)19-10-8-18(24)9-11-19/h8-11,14,17H,5-7,12-13H2,1-4H3,(H,25,31)/t14-,17-/m1/s1. The van der Waals surface area contributed by atoms with Gasteiger partial charge in [0.1, 0.15) is 5.52 Å². The predicted octanol–water partition coefficient (Wildman–Crippen LogP) is 4.22.